The van der Waals surface area contributed by atoms with Gasteiger partial charge in [-0.25, -0.2) is 0 Å². The van der Waals surface area contributed by atoms with Crippen LogP contribution in [0.1, 0.15) is 12.5 Å². The summed E-state index contributed by atoms with van der Waals surface area (Å²) in [5.74, 6) is 1.18. The van der Waals surface area contributed by atoms with E-state index in [2.05, 4.69) is 11.4 Å². The second-order valence-electron chi connectivity index (χ2n) is 4.48. The standard InChI is InChI=1S/C14H22ClNO2S/c1-11(9-17)10-19-14-5-3-4-13(15)12(14)8-16-6-7-18-2/h3-5,11,16-17H,6-10H2,1-2H3. The van der Waals surface area contributed by atoms with Gasteiger partial charge in [0.1, 0.15) is 0 Å². The zero-order valence-electron chi connectivity index (χ0n) is 11.5. The van der Waals surface area contributed by atoms with Crippen LogP contribution in [0.5, 0.6) is 0 Å². The van der Waals surface area contributed by atoms with Crippen molar-refractivity contribution in [2.24, 2.45) is 5.92 Å². The van der Waals surface area contributed by atoms with Crippen molar-refractivity contribution in [2.45, 2.75) is 18.4 Å². The number of nitrogens with one attached hydrogen (secondary N) is 1. The van der Waals surface area contributed by atoms with E-state index in [1.54, 1.807) is 18.9 Å². The summed E-state index contributed by atoms with van der Waals surface area (Å²) < 4.78 is 5.01. The molecule has 1 aromatic rings. The van der Waals surface area contributed by atoms with Gasteiger partial charge in [-0.05, 0) is 23.6 Å². The van der Waals surface area contributed by atoms with Crippen LogP contribution in [-0.4, -0.2) is 37.7 Å². The lowest BCUT2D eigenvalue weighted by Gasteiger charge is -2.13. The van der Waals surface area contributed by atoms with E-state index in [4.69, 9.17) is 21.4 Å². The van der Waals surface area contributed by atoms with Crippen LogP contribution < -0.4 is 5.32 Å². The van der Waals surface area contributed by atoms with Crippen LogP contribution in [0, 0.1) is 5.92 Å². The van der Waals surface area contributed by atoms with Gasteiger partial charge in [0.05, 0.1) is 6.61 Å². The summed E-state index contributed by atoms with van der Waals surface area (Å²) >= 11 is 8.00. The lowest BCUT2D eigenvalue weighted by molar-refractivity contribution is 0.199. The molecule has 0 aliphatic rings. The maximum absolute atomic E-state index is 9.07. The van der Waals surface area contributed by atoms with Gasteiger partial charge in [0.2, 0.25) is 0 Å². The first-order chi connectivity index (χ1) is 9.19. The van der Waals surface area contributed by atoms with Gasteiger partial charge in [0, 0.05) is 42.5 Å². The van der Waals surface area contributed by atoms with Crippen LogP contribution in [-0.2, 0) is 11.3 Å². The maximum Gasteiger partial charge on any atom is 0.0587 e. The predicted molar refractivity (Wildman–Crippen MR) is 82.0 cm³/mol. The van der Waals surface area contributed by atoms with Crippen LogP contribution in [0.2, 0.25) is 5.02 Å². The summed E-state index contributed by atoms with van der Waals surface area (Å²) in [5, 5.41) is 13.2. The number of thioether (sulfide) groups is 1. The highest BCUT2D eigenvalue weighted by atomic mass is 35.5. The molecule has 1 unspecified atom stereocenters. The zero-order chi connectivity index (χ0) is 14.1. The van der Waals surface area contributed by atoms with Crippen LogP contribution in [0.3, 0.4) is 0 Å². The Bertz CT molecular complexity index is 376. The number of aliphatic hydroxyl groups is 1. The highest BCUT2D eigenvalue weighted by molar-refractivity contribution is 7.99. The molecule has 0 spiro atoms. The molecule has 108 valence electrons. The summed E-state index contributed by atoms with van der Waals surface area (Å²) in [6, 6.07) is 5.95. The van der Waals surface area contributed by atoms with Gasteiger partial charge in [-0.2, -0.15) is 0 Å². The Labute approximate surface area is 124 Å². The van der Waals surface area contributed by atoms with Crippen molar-refractivity contribution in [1.82, 2.24) is 5.32 Å². The molecule has 3 nitrogen and oxygen atoms in total. The fraction of sp³-hybridized carbons (Fsp3) is 0.571. The van der Waals surface area contributed by atoms with E-state index in [-0.39, 0.29) is 6.61 Å². The van der Waals surface area contributed by atoms with E-state index in [1.165, 1.54) is 4.90 Å². The van der Waals surface area contributed by atoms with Crippen LogP contribution in [0.25, 0.3) is 0 Å². The van der Waals surface area contributed by atoms with Crippen LogP contribution >= 0.6 is 23.4 Å². The average molecular weight is 304 g/mol. The third-order valence-corrected chi connectivity index (χ3v) is 4.48. The van der Waals surface area contributed by atoms with Crippen molar-refractivity contribution in [1.29, 1.82) is 0 Å². The molecule has 0 aliphatic carbocycles. The minimum Gasteiger partial charge on any atom is -0.396 e. The highest BCUT2D eigenvalue weighted by Crippen LogP contribution is 2.29. The van der Waals surface area contributed by atoms with Gasteiger partial charge in [-0.15, -0.1) is 11.8 Å². The molecule has 0 bridgehead atoms. The van der Waals surface area contributed by atoms with Crippen molar-refractivity contribution >= 4 is 23.4 Å². The van der Waals surface area contributed by atoms with Gasteiger partial charge in [-0.3, -0.25) is 0 Å². The Morgan fingerprint density at radius 1 is 1.47 bits per heavy atom. The predicted octanol–water partition coefficient (Wildman–Crippen LogP) is 2.80. The first kappa shape index (κ1) is 16.8. The first-order valence-electron chi connectivity index (χ1n) is 6.39. The number of rotatable bonds is 9. The molecule has 5 heteroatoms. The summed E-state index contributed by atoms with van der Waals surface area (Å²) in [4.78, 5) is 1.18. The van der Waals surface area contributed by atoms with Gasteiger partial charge < -0.3 is 15.2 Å². The minimum absolute atomic E-state index is 0.217. The molecular weight excluding hydrogens is 282 g/mol. The molecule has 0 radical (unpaired) electrons. The van der Waals surface area contributed by atoms with Crippen LogP contribution in [0.4, 0.5) is 0 Å². The first-order valence-corrected chi connectivity index (χ1v) is 7.76. The summed E-state index contributed by atoms with van der Waals surface area (Å²) in [5.41, 5.74) is 1.12. The average Bonchev–Trinajstić information content (AvgIpc) is 2.42. The monoisotopic (exact) mass is 303 g/mol. The van der Waals surface area contributed by atoms with Crippen LogP contribution in [0.15, 0.2) is 23.1 Å². The molecule has 1 aromatic carbocycles. The number of hydrogen-bond acceptors (Lipinski definition) is 4. The van der Waals surface area contributed by atoms with E-state index < -0.39 is 0 Å². The SMILES string of the molecule is COCCNCc1c(Cl)cccc1SCC(C)CO. The molecule has 0 amide bonds. The molecule has 0 saturated carbocycles. The van der Waals surface area contributed by atoms with Crippen molar-refractivity contribution in [3.8, 4) is 0 Å². The Balaban J connectivity index is 2.61. The maximum atomic E-state index is 9.07. The molecule has 1 rings (SSSR count). The van der Waals surface area contributed by atoms with E-state index in [1.807, 2.05) is 19.1 Å². The third-order valence-electron chi connectivity index (χ3n) is 2.70. The summed E-state index contributed by atoms with van der Waals surface area (Å²) in [6.45, 7) is 4.48. The van der Waals surface area contributed by atoms with Crippen molar-refractivity contribution in [3.05, 3.63) is 28.8 Å². The quantitative estimate of drug-likeness (QED) is 0.544. The Morgan fingerprint density at radius 2 is 2.26 bits per heavy atom. The number of methoxy groups -OCH3 is 1. The second kappa shape index (κ2) is 9.61. The minimum atomic E-state index is 0.217. The second-order valence-corrected chi connectivity index (χ2v) is 5.95. The molecule has 0 fully saturated rings. The number of ether oxygens (including phenoxy) is 1. The number of benzene rings is 1. The zero-order valence-corrected chi connectivity index (χ0v) is 13.1. The number of aliphatic hydroxyl groups excluding tert-OH is 1. The summed E-state index contributed by atoms with van der Waals surface area (Å²) in [7, 11) is 1.69. The normalized spacial score (nSPS) is 12.6. The fourth-order valence-electron chi connectivity index (χ4n) is 1.52. The third kappa shape index (κ3) is 6.15. The van der Waals surface area contributed by atoms with E-state index in [0.29, 0.717) is 12.5 Å². The van der Waals surface area contributed by atoms with E-state index in [0.717, 1.165) is 29.4 Å². The van der Waals surface area contributed by atoms with Gasteiger partial charge in [0.25, 0.3) is 0 Å². The lowest BCUT2D eigenvalue weighted by Crippen LogP contribution is -2.19. The molecule has 0 saturated heterocycles. The lowest BCUT2D eigenvalue weighted by atomic mass is 10.2. The smallest absolute Gasteiger partial charge is 0.0587 e. The molecular formula is C14H22ClNO2S. The Hall–Kier alpha value is -0.260. The van der Waals surface area contributed by atoms with Crippen molar-refractivity contribution in [3.63, 3.8) is 0 Å². The number of hydrogen-bond donors (Lipinski definition) is 2. The van der Waals surface area contributed by atoms with Gasteiger partial charge >= 0.3 is 0 Å². The molecule has 0 aliphatic heterocycles. The Morgan fingerprint density at radius 3 is 2.95 bits per heavy atom. The van der Waals surface area contributed by atoms with E-state index >= 15 is 0 Å². The topological polar surface area (TPSA) is 41.5 Å². The van der Waals surface area contributed by atoms with Crippen molar-refractivity contribution in [2.75, 3.05) is 32.6 Å². The largest absolute Gasteiger partial charge is 0.396 e. The molecule has 2 N–H and O–H groups in total. The van der Waals surface area contributed by atoms with Gasteiger partial charge in [-0.1, -0.05) is 24.6 Å². The molecule has 0 heterocycles. The van der Waals surface area contributed by atoms with E-state index in [9.17, 15) is 0 Å². The number of halogens is 1. The molecule has 1 atom stereocenters. The molecule has 0 aromatic heterocycles. The Kier molecular flexibility index (Phi) is 8.50. The van der Waals surface area contributed by atoms with Gasteiger partial charge in [0.15, 0.2) is 0 Å². The highest BCUT2D eigenvalue weighted by Gasteiger charge is 2.09. The van der Waals surface area contributed by atoms with Crippen molar-refractivity contribution < 1.29 is 9.84 Å². The fourth-order valence-corrected chi connectivity index (χ4v) is 2.92. The summed E-state index contributed by atoms with van der Waals surface area (Å²) in [6.07, 6.45) is 0. The molecule has 19 heavy (non-hydrogen) atoms.